The second-order valence-electron chi connectivity index (χ2n) is 17.9. The number of benzene rings is 10. The SMILES string of the molecule is c1ccc(-c2nc(-c3ccc(-c4ccc5c(c4)nc(-c4ccccc4)c4ccc6c(c7ccccc7n6-c6ccccc6)c45)cc3)cc(-c3ccc(-c4cccc5c4oc4ccccc45)cc3)n2)cc1. The van der Waals surface area contributed by atoms with Crippen LogP contribution in [0, 0.1) is 0 Å². The van der Waals surface area contributed by atoms with E-state index in [1.54, 1.807) is 0 Å². The minimum atomic E-state index is 0.677. The lowest BCUT2D eigenvalue weighted by atomic mass is 9.94. The Hall–Kier alpha value is -9.45. The normalized spacial score (nSPS) is 11.7. The van der Waals surface area contributed by atoms with E-state index in [1.165, 1.54) is 27.2 Å². The summed E-state index contributed by atoms with van der Waals surface area (Å²) in [5, 5.41) is 8.15. The summed E-state index contributed by atoms with van der Waals surface area (Å²) < 4.78 is 8.78. The minimum Gasteiger partial charge on any atom is -0.455 e. The molecule has 0 spiro atoms. The maximum Gasteiger partial charge on any atom is 0.160 e. The van der Waals surface area contributed by atoms with E-state index < -0.39 is 0 Å². The van der Waals surface area contributed by atoms with Gasteiger partial charge in [0.1, 0.15) is 11.2 Å². The van der Waals surface area contributed by atoms with Crippen LogP contribution in [0.5, 0.6) is 0 Å². The van der Waals surface area contributed by atoms with Gasteiger partial charge in [0.2, 0.25) is 0 Å². The van der Waals surface area contributed by atoms with Crippen LogP contribution in [0.2, 0.25) is 0 Å². The summed E-state index contributed by atoms with van der Waals surface area (Å²) in [7, 11) is 0. The first-order valence-electron chi connectivity index (χ1n) is 23.7. The zero-order valence-electron chi connectivity index (χ0n) is 37.8. The van der Waals surface area contributed by atoms with Crippen molar-refractivity contribution in [3.05, 3.63) is 243 Å². The highest BCUT2D eigenvalue weighted by Gasteiger charge is 2.20. The van der Waals surface area contributed by atoms with Gasteiger partial charge in [0.15, 0.2) is 5.82 Å². The molecule has 0 atom stereocenters. The summed E-state index contributed by atoms with van der Waals surface area (Å²) in [6.45, 7) is 0. The Labute approximate surface area is 403 Å². The largest absolute Gasteiger partial charge is 0.455 e. The third-order valence-corrected chi connectivity index (χ3v) is 13.8. The zero-order valence-corrected chi connectivity index (χ0v) is 37.8. The van der Waals surface area contributed by atoms with Gasteiger partial charge in [0.05, 0.1) is 33.6 Å². The Morgan fingerprint density at radius 2 is 0.914 bits per heavy atom. The van der Waals surface area contributed by atoms with Crippen LogP contribution >= 0.6 is 0 Å². The predicted octanol–water partition coefficient (Wildman–Crippen LogP) is 17.2. The molecule has 0 unspecified atom stereocenters. The highest BCUT2D eigenvalue weighted by atomic mass is 16.3. The van der Waals surface area contributed by atoms with Crippen LogP contribution in [0.25, 0.3) is 139 Å². The molecular weight excluding hydrogens is 853 g/mol. The summed E-state index contributed by atoms with van der Waals surface area (Å²) in [5.41, 5.74) is 17.3. The lowest BCUT2D eigenvalue weighted by Gasteiger charge is -2.14. The predicted molar refractivity (Wildman–Crippen MR) is 289 cm³/mol. The average molecular weight is 893 g/mol. The van der Waals surface area contributed by atoms with Crippen molar-refractivity contribution in [3.63, 3.8) is 0 Å². The molecule has 0 aliphatic rings. The van der Waals surface area contributed by atoms with Crippen LogP contribution in [-0.2, 0) is 0 Å². The van der Waals surface area contributed by atoms with Crippen LogP contribution in [0.15, 0.2) is 247 Å². The second-order valence-corrected chi connectivity index (χ2v) is 17.9. The molecule has 5 heteroatoms. The van der Waals surface area contributed by atoms with E-state index >= 15 is 0 Å². The third-order valence-electron chi connectivity index (χ3n) is 13.8. The van der Waals surface area contributed by atoms with Crippen LogP contribution < -0.4 is 0 Å². The Bertz CT molecular complexity index is 4310. The van der Waals surface area contributed by atoms with Gasteiger partial charge in [-0.15, -0.1) is 0 Å². The summed E-state index contributed by atoms with van der Waals surface area (Å²) in [4.78, 5) is 15.8. The number of nitrogens with zero attached hydrogens (tertiary/aromatic N) is 4. The van der Waals surface area contributed by atoms with Crippen molar-refractivity contribution in [2.24, 2.45) is 0 Å². The molecule has 0 aliphatic carbocycles. The van der Waals surface area contributed by atoms with E-state index in [-0.39, 0.29) is 0 Å². The standard InChI is InChI=1S/C65H40N4O/c1-4-15-45(16-5-1)63-54-37-38-59-62(53-22-10-12-25-58(53)69(59)48-19-8-3-9-20-48)61(54)52-36-35-47(39-57(52)66-63)41-27-31-43(32-28-41)55-40-56(68-65(67-55)46-17-6-2-7-18-46)44-33-29-42(30-34-44)49-23-14-24-51-50-21-11-13-26-60(50)70-64(49)51/h1-40H. The number of fused-ring (bicyclic) bond motifs is 10. The average Bonchev–Trinajstić information content (AvgIpc) is 4.00. The number of hydrogen-bond donors (Lipinski definition) is 0. The van der Waals surface area contributed by atoms with Crippen molar-refractivity contribution in [2.75, 3.05) is 0 Å². The number of furan rings is 1. The van der Waals surface area contributed by atoms with E-state index in [2.05, 4.69) is 217 Å². The Balaban J connectivity index is 0.869. The summed E-state index contributed by atoms with van der Waals surface area (Å²) in [6.07, 6.45) is 0. The molecule has 0 N–H and O–H groups in total. The van der Waals surface area contributed by atoms with E-state index in [0.717, 1.165) is 106 Å². The van der Waals surface area contributed by atoms with E-state index in [1.807, 2.05) is 30.3 Å². The van der Waals surface area contributed by atoms with Gasteiger partial charge < -0.3 is 8.98 Å². The quantitative estimate of drug-likeness (QED) is 0.150. The first-order chi connectivity index (χ1) is 34.7. The van der Waals surface area contributed by atoms with Crippen LogP contribution in [0.3, 0.4) is 0 Å². The molecule has 0 saturated heterocycles. The van der Waals surface area contributed by atoms with Crippen molar-refractivity contribution < 1.29 is 4.42 Å². The van der Waals surface area contributed by atoms with Gasteiger partial charge in [-0.1, -0.05) is 200 Å². The molecule has 0 radical (unpaired) electrons. The van der Waals surface area contributed by atoms with Gasteiger partial charge in [-0.25, -0.2) is 15.0 Å². The first kappa shape index (κ1) is 39.7. The number of aromatic nitrogens is 4. The second kappa shape index (κ2) is 16.1. The number of hydrogen-bond acceptors (Lipinski definition) is 4. The summed E-state index contributed by atoms with van der Waals surface area (Å²) in [5.74, 6) is 0.677. The summed E-state index contributed by atoms with van der Waals surface area (Å²) >= 11 is 0. The monoisotopic (exact) mass is 892 g/mol. The minimum absolute atomic E-state index is 0.677. The molecule has 70 heavy (non-hydrogen) atoms. The highest BCUT2D eigenvalue weighted by Crippen LogP contribution is 2.43. The van der Waals surface area contributed by atoms with E-state index in [0.29, 0.717) is 5.82 Å². The highest BCUT2D eigenvalue weighted by molar-refractivity contribution is 6.29. The smallest absolute Gasteiger partial charge is 0.160 e. The molecule has 0 aliphatic heterocycles. The van der Waals surface area contributed by atoms with Crippen LogP contribution in [0.1, 0.15) is 0 Å². The lowest BCUT2D eigenvalue weighted by Crippen LogP contribution is -1.96. The van der Waals surface area contributed by atoms with Crippen molar-refractivity contribution in [1.29, 1.82) is 0 Å². The van der Waals surface area contributed by atoms with E-state index in [9.17, 15) is 0 Å². The van der Waals surface area contributed by atoms with Gasteiger partial charge in [-0.2, -0.15) is 0 Å². The molecule has 0 bridgehead atoms. The molecule has 14 aromatic rings. The first-order valence-corrected chi connectivity index (χ1v) is 23.7. The zero-order chi connectivity index (χ0) is 46.1. The van der Waals surface area contributed by atoms with Gasteiger partial charge >= 0.3 is 0 Å². The fraction of sp³-hybridized carbons (Fsp3) is 0. The number of para-hydroxylation sites is 4. The molecule has 10 aromatic carbocycles. The lowest BCUT2D eigenvalue weighted by molar-refractivity contribution is 0.670. The van der Waals surface area contributed by atoms with Crippen LogP contribution in [-0.4, -0.2) is 19.5 Å². The van der Waals surface area contributed by atoms with Gasteiger partial charge in [0.25, 0.3) is 0 Å². The molecule has 5 nitrogen and oxygen atoms in total. The Morgan fingerprint density at radius 1 is 0.329 bits per heavy atom. The molecule has 326 valence electrons. The van der Waals surface area contributed by atoms with Gasteiger partial charge in [-0.05, 0) is 59.2 Å². The Morgan fingerprint density at radius 3 is 1.66 bits per heavy atom. The fourth-order valence-electron chi connectivity index (χ4n) is 10.5. The van der Waals surface area contributed by atoms with Crippen molar-refractivity contribution in [1.82, 2.24) is 19.5 Å². The fourth-order valence-corrected chi connectivity index (χ4v) is 10.5. The molecule has 4 heterocycles. The maximum absolute atomic E-state index is 6.39. The topological polar surface area (TPSA) is 56.7 Å². The summed E-state index contributed by atoms with van der Waals surface area (Å²) in [6, 6.07) is 85.5. The van der Waals surface area contributed by atoms with E-state index in [4.69, 9.17) is 19.4 Å². The molecule has 0 amide bonds. The molecule has 0 saturated carbocycles. The maximum atomic E-state index is 6.39. The third kappa shape index (κ3) is 6.51. The van der Waals surface area contributed by atoms with Gasteiger partial charge in [-0.3, -0.25) is 0 Å². The molecular formula is C65H40N4O. The van der Waals surface area contributed by atoms with Crippen molar-refractivity contribution >= 4 is 65.4 Å². The van der Waals surface area contributed by atoms with Crippen LogP contribution in [0.4, 0.5) is 0 Å². The number of pyridine rings is 1. The van der Waals surface area contributed by atoms with Crippen molar-refractivity contribution in [3.8, 4) is 73.1 Å². The van der Waals surface area contributed by atoms with Gasteiger partial charge in [0, 0.05) is 71.2 Å². The number of rotatable bonds is 7. The molecule has 4 aromatic heterocycles. The Kier molecular flexibility index (Phi) is 9.14. The molecule has 14 rings (SSSR count). The molecule has 0 fully saturated rings. The van der Waals surface area contributed by atoms with Crippen molar-refractivity contribution in [2.45, 2.75) is 0 Å².